The van der Waals surface area contributed by atoms with Gasteiger partial charge in [0.25, 0.3) is 0 Å². The lowest BCUT2D eigenvalue weighted by molar-refractivity contribution is 0.320. The number of aromatic nitrogens is 1. The highest BCUT2D eigenvalue weighted by Gasteiger charge is 2.31. The highest BCUT2D eigenvalue weighted by atomic mass is 19.1. The molecule has 1 aromatic heterocycles. The molecule has 0 radical (unpaired) electrons. The smallest absolute Gasteiger partial charge is 0.146 e. The zero-order valence-electron chi connectivity index (χ0n) is 16.7. The molecule has 2 nitrogen and oxygen atoms in total. The molecule has 1 N–H and O–H groups in total. The van der Waals surface area contributed by atoms with Crippen molar-refractivity contribution in [1.29, 1.82) is 0 Å². The molecule has 0 bridgehead atoms. The van der Waals surface area contributed by atoms with E-state index in [4.69, 9.17) is 0 Å². The fourth-order valence-electron chi connectivity index (χ4n) is 4.31. The Morgan fingerprint density at radius 3 is 2.69 bits per heavy atom. The third kappa shape index (κ3) is 3.32. The first-order valence-electron chi connectivity index (χ1n) is 9.60. The molecule has 1 aliphatic carbocycles. The SMILES string of the molecule is C=Cn1c(C)cc2c1/C(C)=C/C(F)=C1/NCCC/C1=C\CC2C(C)(C)C. The molecule has 3 heteroatoms. The molecule has 1 aliphatic heterocycles. The molecule has 1 saturated heterocycles. The molecule has 3 rings (SSSR count). The molecule has 2 aliphatic rings. The Kier molecular flexibility index (Phi) is 5.01. The molecule has 140 valence electrons. The Morgan fingerprint density at radius 1 is 1.31 bits per heavy atom. The van der Waals surface area contributed by atoms with Crippen molar-refractivity contribution >= 4 is 11.8 Å². The second-order valence-corrected chi connectivity index (χ2v) is 8.61. The summed E-state index contributed by atoms with van der Waals surface area (Å²) in [5, 5.41) is 3.28. The molecular weight excluding hydrogens is 323 g/mol. The number of fused-ring (bicyclic) bond motifs is 2. The van der Waals surface area contributed by atoms with Crippen LogP contribution in [0.5, 0.6) is 0 Å². The minimum Gasteiger partial charge on any atom is -0.382 e. The average Bonchev–Trinajstić information content (AvgIpc) is 2.89. The molecule has 0 aromatic carbocycles. The van der Waals surface area contributed by atoms with Crippen molar-refractivity contribution in [3.63, 3.8) is 0 Å². The molecule has 1 aromatic rings. The standard InChI is InChI=1S/C23H31FN2/c1-7-26-16(3)14-18-19(23(4,5)6)11-10-17-9-8-12-25-21(17)20(24)13-15(2)22(18)26/h7,10,13-14,19,25H,1,8-9,11-12H2,2-6H3/b15-13+,17-10+,21-20-. The Labute approximate surface area is 157 Å². The van der Waals surface area contributed by atoms with Gasteiger partial charge < -0.3 is 9.88 Å². The van der Waals surface area contributed by atoms with Crippen LogP contribution in [0.4, 0.5) is 4.39 Å². The van der Waals surface area contributed by atoms with Crippen LogP contribution >= 0.6 is 0 Å². The van der Waals surface area contributed by atoms with Crippen molar-refractivity contribution in [3.05, 3.63) is 58.8 Å². The van der Waals surface area contributed by atoms with Crippen molar-refractivity contribution in [1.82, 2.24) is 9.88 Å². The number of aryl methyl sites for hydroxylation is 1. The normalized spacial score (nSPS) is 28.0. The third-order valence-corrected chi connectivity index (χ3v) is 5.66. The Bertz CT molecular complexity index is 812. The monoisotopic (exact) mass is 354 g/mol. The van der Waals surface area contributed by atoms with E-state index in [1.165, 1.54) is 5.56 Å². The molecule has 0 spiro atoms. The third-order valence-electron chi connectivity index (χ3n) is 5.66. The highest BCUT2D eigenvalue weighted by molar-refractivity contribution is 5.70. The number of hydrogen-bond acceptors (Lipinski definition) is 1. The number of nitrogens with one attached hydrogen (secondary N) is 1. The van der Waals surface area contributed by atoms with Gasteiger partial charge in [-0.25, -0.2) is 4.39 Å². The minimum atomic E-state index is -0.164. The van der Waals surface area contributed by atoms with Crippen molar-refractivity contribution in [2.24, 2.45) is 5.41 Å². The minimum absolute atomic E-state index is 0.107. The van der Waals surface area contributed by atoms with Gasteiger partial charge in [0.2, 0.25) is 0 Å². The van der Waals surface area contributed by atoms with Gasteiger partial charge >= 0.3 is 0 Å². The van der Waals surface area contributed by atoms with Crippen molar-refractivity contribution < 1.29 is 4.39 Å². The van der Waals surface area contributed by atoms with Gasteiger partial charge in [-0.05, 0) is 73.3 Å². The van der Waals surface area contributed by atoms with Crippen molar-refractivity contribution in [3.8, 4) is 0 Å². The first-order valence-corrected chi connectivity index (χ1v) is 9.60. The predicted molar refractivity (Wildman–Crippen MR) is 109 cm³/mol. The summed E-state index contributed by atoms with van der Waals surface area (Å²) in [6, 6.07) is 2.26. The van der Waals surface area contributed by atoms with Crippen molar-refractivity contribution in [2.45, 2.75) is 59.8 Å². The average molecular weight is 355 g/mol. The Hall–Kier alpha value is -2.03. The van der Waals surface area contributed by atoms with E-state index in [1.54, 1.807) is 6.08 Å². The lowest BCUT2D eigenvalue weighted by Gasteiger charge is -2.32. The summed E-state index contributed by atoms with van der Waals surface area (Å²) < 4.78 is 17.2. The summed E-state index contributed by atoms with van der Waals surface area (Å²) in [5.74, 6) is 0.195. The lowest BCUT2D eigenvalue weighted by Crippen LogP contribution is -2.24. The van der Waals surface area contributed by atoms with E-state index in [9.17, 15) is 0 Å². The zero-order valence-corrected chi connectivity index (χ0v) is 16.7. The summed E-state index contributed by atoms with van der Waals surface area (Å²) in [4.78, 5) is 0. The summed E-state index contributed by atoms with van der Waals surface area (Å²) in [5.41, 5.74) is 6.37. The van der Waals surface area contributed by atoms with Crippen LogP contribution in [0.25, 0.3) is 11.8 Å². The summed E-state index contributed by atoms with van der Waals surface area (Å²) >= 11 is 0. The summed E-state index contributed by atoms with van der Waals surface area (Å²) in [6.45, 7) is 15.8. The van der Waals surface area contributed by atoms with Gasteiger partial charge in [-0.3, -0.25) is 0 Å². The summed E-state index contributed by atoms with van der Waals surface area (Å²) in [6.07, 6.45) is 8.70. The van der Waals surface area contributed by atoms with Crippen LogP contribution in [-0.2, 0) is 0 Å². The number of nitrogens with zero attached hydrogens (tertiary/aromatic N) is 1. The number of hydrogen-bond donors (Lipinski definition) is 1. The second kappa shape index (κ2) is 6.94. The first kappa shape index (κ1) is 18.8. The van der Waals surface area contributed by atoms with E-state index in [0.29, 0.717) is 11.6 Å². The van der Waals surface area contributed by atoms with Gasteiger partial charge in [0.05, 0.1) is 11.4 Å². The largest absolute Gasteiger partial charge is 0.382 e. The molecular formula is C23H31FN2. The Morgan fingerprint density at radius 2 is 2.04 bits per heavy atom. The first-order chi connectivity index (χ1) is 12.2. The van der Waals surface area contributed by atoms with Crippen LogP contribution in [0.3, 0.4) is 0 Å². The summed E-state index contributed by atoms with van der Waals surface area (Å²) in [7, 11) is 0. The second-order valence-electron chi connectivity index (χ2n) is 8.61. The van der Waals surface area contributed by atoms with Gasteiger partial charge in [-0.1, -0.05) is 33.4 Å². The molecule has 0 amide bonds. The van der Waals surface area contributed by atoms with Gasteiger partial charge in [0, 0.05) is 18.4 Å². The van der Waals surface area contributed by atoms with Gasteiger partial charge in [0.15, 0.2) is 0 Å². The molecule has 1 unspecified atom stereocenters. The maximum atomic E-state index is 15.1. The lowest BCUT2D eigenvalue weighted by atomic mass is 9.73. The Balaban J connectivity index is 2.29. The van der Waals surface area contributed by atoms with Crippen LogP contribution in [0.15, 0.2) is 41.9 Å². The predicted octanol–water partition coefficient (Wildman–Crippen LogP) is 6.32. The van der Waals surface area contributed by atoms with Crippen LogP contribution < -0.4 is 5.32 Å². The van der Waals surface area contributed by atoms with E-state index in [1.807, 2.05) is 13.1 Å². The topological polar surface area (TPSA) is 17.0 Å². The number of rotatable bonds is 1. The van der Waals surface area contributed by atoms with Crippen LogP contribution in [0.1, 0.15) is 69.8 Å². The van der Waals surface area contributed by atoms with Crippen LogP contribution in [0.2, 0.25) is 0 Å². The maximum absolute atomic E-state index is 15.1. The number of halogens is 1. The number of allylic oxidation sites excluding steroid dienone is 5. The van der Waals surface area contributed by atoms with E-state index in [0.717, 1.165) is 48.3 Å². The highest BCUT2D eigenvalue weighted by Crippen LogP contribution is 2.44. The van der Waals surface area contributed by atoms with Gasteiger partial charge in [-0.2, -0.15) is 0 Å². The molecule has 1 fully saturated rings. The molecule has 2 heterocycles. The molecule has 0 saturated carbocycles. The van der Waals surface area contributed by atoms with E-state index >= 15 is 4.39 Å². The fraction of sp³-hybridized carbons (Fsp3) is 0.478. The van der Waals surface area contributed by atoms with E-state index < -0.39 is 0 Å². The molecule has 26 heavy (non-hydrogen) atoms. The van der Waals surface area contributed by atoms with Gasteiger partial charge in [0.1, 0.15) is 5.83 Å². The maximum Gasteiger partial charge on any atom is 0.146 e. The van der Waals surface area contributed by atoms with E-state index in [-0.39, 0.29) is 11.2 Å². The quantitative estimate of drug-likeness (QED) is 0.624. The van der Waals surface area contributed by atoms with E-state index in [2.05, 4.69) is 56.3 Å². The fourth-order valence-corrected chi connectivity index (χ4v) is 4.31. The number of piperidine rings is 1. The van der Waals surface area contributed by atoms with Gasteiger partial charge in [-0.15, -0.1) is 0 Å². The zero-order chi connectivity index (χ0) is 19.1. The van der Waals surface area contributed by atoms with Crippen molar-refractivity contribution in [2.75, 3.05) is 6.54 Å². The van der Waals surface area contributed by atoms with Crippen LogP contribution in [0, 0.1) is 12.3 Å². The molecule has 1 atom stereocenters. The van der Waals surface area contributed by atoms with Crippen LogP contribution in [-0.4, -0.2) is 11.1 Å².